The van der Waals surface area contributed by atoms with Gasteiger partial charge in [-0.05, 0) is 190 Å². The summed E-state index contributed by atoms with van der Waals surface area (Å²) in [6, 6.07) is 40.9. The molecule has 0 aliphatic heterocycles. The van der Waals surface area contributed by atoms with Crippen molar-refractivity contribution in [2.75, 3.05) is 16.0 Å². The maximum absolute atomic E-state index is 14.3. The smallest absolute Gasteiger partial charge is 0.306 e. The Labute approximate surface area is 582 Å². The minimum atomic E-state index is -1.13. The Hall–Kier alpha value is -10.8. The Kier molecular flexibility index (Phi) is 23.3. The van der Waals surface area contributed by atoms with E-state index in [0.29, 0.717) is 17.1 Å². The van der Waals surface area contributed by atoms with Crippen LogP contribution in [-0.4, -0.2) is 103 Å². The number of hydrogen-bond acceptors (Lipinski definition) is 12. The summed E-state index contributed by atoms with van der Waals surface area (Å²) in [6.45, 7) is 21.4. The number of ether oxygens (including phenoxy) is 3. The van der Waals surface area contributed by atoms with Crippen molar-refractivity contribution in [3.05, 3.63) is 196 Å². The fourth-order valence-electron chi connectivity index (χ4n) is 12.2. The van der Waals surface area contributed by atoms with Crippen molar-refractivity contribution >= 4 is 103 Å². The van der Waals surface area contributed by atoms with E-state index in [-0.39, 0.29) is 57.8 Å². The predicted octanol–water partition coefficient (Wildman–Crippen LogP) is 12.6. The summed E-state index contributed by atoms with van der Waals surface area (Å²) in [6.07, 6.45) is -0.666. The first-order chi connectivity index (χ1) is 47.3. The van der Waals surface area contributed by atoms with Crippen molar-refractivity contribution in [2.24, 2.45) is 0 Å². The molecule has 0 bridgehead atoms. The summed E-state index contributed by atoms with van der Waals surface area (Å²) >= 11 is 0. The molecule has 100 heavy (non-hydrogen) atoms. The van der Waals surface area contributed by atoms with Gasteiger partial charge in [-0.3, -0.25) is 43.2 Å². The highest BCUT2D eigenvalue weighted by molar-refractivity contribution is 6.01. The van der Waals surface area contributed by atoms with Gasteiger partial charge in [0.05, 0.1) is 19.3 Å². The number of anilines is 3. The lowest BCUT2D eigenvalue weighted by atomic mass is 9.85. The van der Waals surface area contributed by atoms with Crippen LogP contribution in [0.1, 0.15) is 157 Å². The van der Waals surface area contributed by atoms with Crippen LogP contribution in [0.15, 0.2) is 146 Å². The summed E-state index contributed by atoms with van der Waals surface area (Å²) in [5.74, 6) is -5.03. The molecule has 6 amide bonds. The van der Waals surface area contributed by atoms with E-state index in [0.717, 1.165) is 83.2 Å². The van der Waals surface area contributed by atoms with Crippen molar-refractivity contribution in [1.82, 2.24) is 30.9 Å². The van der Waals surface area contributed by atoms with Crippen molar-refractivity contribution in [3.63, 3.8) is 0 Å². The number of esters is 3. The van der Waals surface area contributed by atoms with Crippen LogP contribution >= 0.6 is 0 Å². The molecule has 0 aliphatic carbocycles. The van der Waals surface area contributed by atoms with Gasteiger partial charge < -0.3 is 61.1 Å². The molecular weight excluding hydrogens is 1270 g/mol. The van der Waals surface area contributed by atoms with Gasteiger partial charge in [-0.2, -0.15) is 0 Å². The highest BCUT2D eigenvalue weighted by Gasteiger charge is 2.30. The maximum atomic E-state index is 14.3. The fraction of sp³-hybridized carbons (Fsp3) is 0.354. The Morgan fingerprint density at radius 2 is 0.590 bits per heavy atom. The number of carbonyl (C=O) groups is 9. The molecule has 3 atom stereocenters. The lowest BCUT2D eigenvalue weighted by molar-refractivity contribution is -0.156. The molecule has 3 aromatic heterocycles. The minimum absolute atomic E-state index is 0.0221. The second-order valence-electron chi connectivity index (χ2n) is 28.4. The Morgan fingerprint density at radius 3 is 0.830 bits per heavy atom. The molecule has 0 aliphatic rings. The van der Waals surface area contributed by atoms with Crippen LogP contribution in [0.5, 0.6) is 0 Å². The van der Waals surface area contributed by atoms with Crippen LogP contribution in [0.2, 0.25) is 0 Å². The molecule has 9 rings (SSSR count). The topological polar surface area (TPSA) is 301 Å². The van der Waals surface area contributed by atoms with Crippen molar-refractivity contribution in [3.8, 4) is 0 Å². The van der Waals surface area contributed by atoms with Gasteiger partial charge in [-0.25, -0.2) is 0 Å². The highest BCUT2D eigenvalue weighted by atomic mass is 16.6. The summed E-state index contributed by atoms with van der Waals surface area (Å²) in [5, 5.41) is 20.1. The molecule has 9 aromatic rings. The largest absolute Gasteiger partial charge is 0.460 e. The number of carbonyl (C=O) groups excluding carboxylic acids is 9. The van der Waals surface area contributed by atoms with E-state index in [9.17, 15) is 43.2 Å². The standard InChI is InChI=1S/C79H91N9O12/c1-46-58(55-19-13-16-22-61(55)80-46)43-67(89)86-64(37-40-70(92)98-77(4,5)6)74(95)83-52-31-25-49(26-32-52)73(50-27-33-53(34-28-50)84-75(96)65(38-41-71(93)99-78(7,8)9)87-68(90)44-59-47(2)81-62-23-17-14-20-56(59)62)51-29-35-54(36-30-51)85-76(97)66(39-42-72(94)100-79(10,11)12)88-69(91)45-60-48(3)82-63-24-18-15-21-57(60)63/h13-36,64-66,73,80-82H,37-45H2,1-12H3,(H,83,95)(H,84,96)(H,85,97)(H,86,89)(H,87,90)(H,88,91)/t64-,65-,66-/m0/s1. The number of fused-ring (bicyclic) bond motifs is 3. The van der Waals surface area contributed by atoms with Crippen LogP contribution in [0.3, 0.4) is 0 Å². The van der Waals surface area contributed by atoms with Gasteiger partial charge in [0.1, 0.15) is 34.9 Å². The lowest BCUT2D eigenvalue weighted by Gasteiger charge is -2.23. The monoisotopic (exact) mass is 1360 g/mol. The average molecular weight is 1360 g/mol. The number of aromatic amines is 3. The third kappa shape index (κ3) is 20.4. The summed E-state index contributed by atoms with van der Waals surface area (Å²) in [7, 11) is 0. The van der Waals surface area contributed by atoms with E-state index in [1.807, 2.05) is 130 Å². The first-order valence-electron chi connectivity index (χ1n) is 33.8. The molecule has 0 fully saturated rings. The Balaban J connectivity index is 0.977. The first kappa shape index (κ1) is 73.4. The number of rotatable bonds is 27. The molecule has 524 valence electrons. The summed E-state index contributed by atoms with van der Waals surface area (Å²) in [4.78, 5) is 134. The van der Waals surface area contributed by atoms with Crippen LogP contribution in [0, 0.1) is 20.8 Å². The molecule has 21 nitrogen and oxygen atoms in total. The zero-order valence-corrected chi connectivity index (χ0v) is 58.9. The van der Waals surface area contributed by atoms with Crippen LogP contribution in [0.25, 0.3) is 32.7 Å². The minimum Gasteiger partial charge on any atom is -0.460 e. The number of aryl methyl sites for hydroxylation is 3. The molecule has 21 heteroatoms. The van der Waals surface area contributed by atoms with Gasteiger partial charge in [0.25, 0.3) is 0 Å². The van der Waals surface area contributed by atoms with Gasteiger partial charge >= 0.3 is 17.9 Å². The number of aromatic nitrogens is 3. The van der Waals surface area contributed by atoms with Gasteiger partial charge in [-0.1, -0.05) is 91.0 Å². The Bertz CT molecular complexity index is 4020. The first-order valence-corrected chi connectivity index (χ1v) is 33.8. The second kappa shape index (κ2) is 31.8. The molecule has 0 spiro atoms. The molecule has 3 heterocycles. The molecule has 0 radical (unpaired) electrons. The van der Waals surface area contributed by atoms with Gasteiger partial charge in [0.2, 0.25) is 35.4 Å². The number of hydrogen-bond donors (Lipinski definition) is 9. The molecular formula is C79H91N9O12. The van der Waals surface area contributed by atoms with Crippen LogP contribution < -0.4 is 31.9 Å². The fourth-order valence-corrected chi connectivity index (χ4v) is 12.2. The second-order valence-corrected chi connectivity index (χ2v) is 28.4. The van der Waals surface area contributed by atoms with E-state index in [4.69, 9.17) is 14.2 Å². The molecule has 9 N–H and O–H groups in total. The third-order valence-corrected chi connectivity index (χ3v) is 16.8. The number of para-hydroxylation sites is 3. The number of nitrogens with one attached hydrogen (secondary N) is 9. The molecule has 0 saturated heterocycles. The Morgan fingerprint density at radius 1 is 0.350 bits per heavy atom. The van der Waals surface area contributed by atoms with E-state index in [2.05, 4.69) is 46.9 Å². The quantitative estimate of drug-likeness (QED) is 0.0132. The normalized spacial score (nSPS) is 12.7. The third-order valence-electron chi connectivity index (χ3n) is 16.8. The zero-order chi connectivity index (χ0) is 72.2. The lowest BCUT2D eigenvalue weighted by Crippen LogP contribution is -2.45. The van der Waals surface area contributed by atoms with E-state index in [1.54, 1.807) is 98.7 Å². The molecule has 0 unspecified atom stereocenters. The maximum Gasteiger partial charge on any atom is 0.306 e. The van der Waals surface area contributed by atoms with Crippen molar-refractivity contribution in [2.45, 2.75) is 182 Å². The van der Waals surface area contributed by atoms with Crippen LogP contribution in [-0.2, 0) is 76.6 Å². The van der Waals surface area contributed by atoms with Gasteiger partial charge in [0, 0.05) is 92.0 Å². The average Bonchev–Trinajstić information content (AvgIpc) is 1.24. The van der Waals surface area contributed by atoms with E-state index < -0.39 is 94.2 Å². The number of benzene rings is 6. The summed E-state index contributed by atoms with van der Waals surface area (Å²) < 4.78 is 16.7. The van der Waals surface area contributed by atoms with Crippen LogP contribution in [0.4, 0.5) is 17.1 Å². The number of amides is 6. The van der Waals surface area contributed by atoms with E-state index in [1.165, 1.54) is 0 Å². The highest BCUT2D eigenvalue weighted by Crippen LogP contribution is 2.35. The predicted molar refractivity (Wildman–Crippen MR) is 387 cm³/mol. The SMILES string of the molecule is Cc1[nH]c2ccccc2c1CC(=O)N[C@@H](CCC(=O)OC(C)(C)C)C(=O)Nc1ccc(C(c2ccc(NC(=O)[C@H](CCC(=O)OC(C)(C)C)NC(=O)Cc3c(C)[nH]c4ccccc34)cc2)c2ccc(NC(=O)[C@H](CCC(=O)OC(C)(C)C)NC(=O)Cc3c(C)[nH]c4ccccc34)cc2)cc1. The van der Waals surface area contributed by atoms with E-state index >= 15 is 0 Å². The summed E-state index contributed by atoms with van der Waals surface area (Å²) in [5.41, 5.74) is 8.53. The zero-order valence-electron chi connectivity index (χ0n) is 58.9. The van der Waals surface area contributed by atoms with Crippen molar-refractivity contribution < 1.29 is 57.4 Å². The van der Waals surface area contributed by atoms with Crippen molar-refractivity contribution in [1.29, 1.82) is 0 Å². The molecule has 0 saturated carbocycles. The van der Waals surface area contributed by atoms with Gasteiger partial charge in [0.15, 0.2) is 0 Å². The number of H-pyrrole nitrogens is 3. The van der Waals surface area contributed by atoms with Gasteiger partial charge in [-0.15, -0.1) is 0 Å². The molecule has 6 aromatic carbocycles.